The van der Waals surface area contributed by atoms with Gasteiger partial charge in [0, 0.05) is 12.1 Å². The third-order valence-corrected chi connectivity index (χ3v) is 5.10. The number of hydrogen-bond acceptors (Lipinski definition) is 5. The Morgan fingerprint density at radius 1 is 1.20 bits per heavy atom. The highest BCUT2D eigenvalue weighted by atomic mass is 32.2. The summed E-state index contributed by atoms with van der Waals surface area (Å²) in [6, 6.07) is 6.81. The zero-order chi connectivity index (χ0) is 18.4. The smallest absolute Gasteiger partial charge is 0.241 e. The summed E-state index contributed by atoms with van der Waals surface area (Å²) in [6.07, 6.45) is 3.03. The van der Waals surface area contributed by atoms with E-state index < -0.39 is 22.0 Å². The van der Waals surface area contributed by atoms with Crippen molar-refractivity contribution in [2.45, 2.75) is 31.3 Å². The molecule has 1 aromatic heterocycles. The predicted octanol–water partition coefficient (Wildman–Crippen LogP) is 1.91. The average Bonchev–Trinajstić information content (AvgIpc) is 3.11. The van der Waals surface area contributed by atoms with Gasteiger partial charge >= 0.3 is 0 Å². The van der Waals surface area contributed by atoms with E-state index in [1.807, 2.05) is 0 Å². The van der Waals surface area contributed by atoms with Crippen LogP contribution in [-0.4, -0.2) is 27.5 Å². The normalized spacial score (nSPS) is 12.8. The Bertz CT molecular complexity index is 783. The van der Waals surface area contributed by atoms with Gasteiger partial charge in [0.05, 0.1) is 24.5 Å². The van der Waals surface area contributed by atoms with E-state index in [0.717, 1.165) is 5.56 Å². The van der Waals surface area contributed by atoms with Gasteiger partial charge in [0.15, 0.2) is 0 Å². The average molecular weight is 366 g/mol. The number of ether oxygens (including phenoxy) is 1. The van der Waals surface area contributed by atoms with E-state index in [0.29, 0.717) is 5.75 Å². The zero-order valence-corrected chi connectivity index (χ0v) is 15.2. The zero-order valence-electron chi connectivity index (χ0n) is 14.4. The summed E-state index contributed by atoms with van der Waals surface area (Å²) >= 11 is 0. The molecule has 0 aliphatic heterocycles. The molecule has 0 bridgehead atoms. The van der Waals surface area contributed by atoms with Gasteiger partial charge in [-0.3, -0.25) is 4.79 Å². The van der Waals surface area contributed by atoms with Crippen molar-refractivity contribution in [2.75, 3.05) is 7.11 Å². The number of methoxy groups -OCH3 is 1. The molecule has 25 heavy (non-hydrogen) atoms. The minimum Gasteiger partial charge on any atom is -0.497 e. The fourth-order valence-corrected chi connectivity index (χ4v) is 3.52. The lowest BCUT2D eigenvalue weighted by Crippen LogP contribution is -2.49. The number of carbonyl (C=O) groups is 1. The van der Waals surface area contributed by atoms with Crippen LogP contribution < -0.4 is 14.8 Å². The molecule has 1 amide bonds. The molecule has 0 saturated carbocycles. The minimum atomic E-state index is -3.83. The van der Waals surface area contributed by atoms with Crippen LogP contribution in [0.5, 0.6) is 5.75 Å². The van der Waals surface area contributed by atoms with Crippen LogP contribution in [0.3, 0.4) is 0 Å². The number of benzene rings is 1. The molecule has 0 aliphatic rings. The number of carbonyl (C=O) groups excluding carboxylic acids is 1. The molecule has 1 aromatic carbocycles. The molecule has 8 heteroatoms. The van der Waals surface area contributed by atoms with Crippen LogP contribution >= 0.6 is 0 Å². The molecule has 1 heterocycles. The van der Waals surface area contributed by atoms with E-state index in [4.69, 9.17) is 9.15 Å². The number of nitrogens with one attached hydrogen (secondary N) is 2. The van der Waals surface area contributed by atoms with Crippen molar-refractivity contribution in [1.82, 2.24) is 10.0 Å². The fraction of sp³-hybridized carbons (Fsp3) is 0.353. The summed E-state index contributed by atoms with van der Waals surface area (Å²) in [6.45, 7) is 3.82. The summed E-state index contributed by atoms with van der Waals surface area (Å²) in [4.78, 5) is 12.5. The Labute approximate surface area is 147 Å². The fourth-order valence-electron chi connectivity index (χ4n) is 2.17. The molecule has 2 rings (SSSR count). The van der Waals surface area contributed by atoms with Crippen LogP contribution in [0.15, 0.2) is 52.2 Å². The number of rotatable bonds is 8. The van der Waals surface area contributed by atoms with E-state index in [2.05, 4.69) is 10.0 Å². The van der Waals surface area contributed by atoms with Gasteiger partial charge in [-0.2, -0.15) is 4.72 Å². The van der Waals surface area contributed by atoms with E-state index in [1.54, 1.807) is 32.0 Å². The molecule has 0 aliphatic carbocycles. The van der Waals surface area contributed by atoms with Crippen molar-refractivity contribution in [1.29, 1.82) is 0 Å². The van der Waals surface area contributed by atoms with E-state index in [1.165, 1.54) is 31.8 Å². The number of hydrogen-bond donors (Lipinski definition) is 2. The summed E-state index contributed by atoms with van der Waals surface area (Å²) in [5.74, 6) is -0.0668. The topological polar surface area (TPSA) is 97.6 Å². The highest BCUT2D eigenvalue weighted by Gasteiger charge is 2.28. The second-order valence-electron chi connectivity index (χ2n) is 5.87. The largest absolute Gasteiger partial charge is 0.497 e. The summed E-state index contributed by atoms with van der Waals surface area (Å²) in [5.41, 5.74) is 0.800. The highest BCUT2D eigenvalue weighted by molar-refractivity contribution is 7.89. The molecule has 1 atom stereocenters. The van der Waals surface area contributed by atoms with Crippen LogP contribution in [0.2, 0.25) is 0 Å². The summed E-state index contributed by atoms with van der Waals surface area (Å²) in [7, 11) is -2.33. The summed E-state index contributed by atoms with van der Waals surface area (Å²) in [5, 5.41) is 2.71. The molecule has 0 unspecified atom stereocenters. The standard InChI is InChI=1S/C17H22N2O5S/c1-12(2)16(17(20)18-10-13-8-9-24-11-13)19-25(21,22)15-6-4-14(23-3)5-7-15/h4-9,11-12,16,19H,10H2,1-3H3,(H,18,20)/t16-/m0/s1. The Kier molecular flexibility index (Phi) is 6.22. The molecular weight excluding hydrogens is 344 g/mol. The van der Waals surface area contributed by atoms with Gasteiger partial charge in [-0.25, -0.2) is 8.42 Å². The molecular formula is C17H22N2O5S. The number of amides is 1. The third-order valence-electron chi connectivity index (χ3n) is 3.65. The van der Waals surface area contributed by atoms with Crippen LogP contribution in [0, 0.1) is 5.92 Å². The van der Waals surface area contributed by atoms with Crippen molar-refractivity contribution < 1.29 is 22.4 Å². The van der Waals surface area contributed by atoms with Gasteiger partial charge in [0.25, 0.3) is 0 Å². The van der Waals surface area contributed by atoms with Crippen molar-refractivity contribution in [3.63, 3.8) is 0 Å². The maximum atomic E-state index is 12.5. The van der Waals surface area contributed by atoms with Gasteiger partial charge < -0.3 is 14.5 Å². The number of sulfonamides is 1. The first-order valence-corrected chi connectivity index (χ1v) is 9.27. The monoisotopic (exact) mass is 366 g/mol. The van der Waals surface area contributed by atoms with Crippen molar-refractivity contribution >= 4 is 15.9 Å². The third kappa shape index (κ3) is 5.07. The van der Waals surface area contributed by atoms with Gasteiger partial charge in [0.1, 0.15) is 11.8 Å². The maximum Gasteiger partial charge on any atom is 0.241 e. The van der Waals surface area contributed by atoms with Crippen molar-refractivity contribution in [2.24, 2.45) is 5.92 Å². The van der Waals surface area contributed by atoms with Gasteiger partial charge in [-0.15, -0.1) is 0 Å². The second kappa shape index (κ2) is 8.17. The lowest BCUT2D eigenvalue weighted by Gasteiger charge is -2.21. The molecule has 136 valence electrons. The lowest BCUT2D eigenvalue weighted by molar-refractivity contribution is -0.123. The molecule has 0 spiro atoms. The Morgan fingerprint density at radius 3 is 2.40 bits per heavy atom. The van der Waals surface area contributed by atoms with Gasteiger partial charge in [-0.1, -0.05) is 13.8 Å². The first kappa shape index (κ1) is 19.0. The molecule has 0 radical (unpaired) electrons. The first-order valence-electron chi connectivity index (χ1n) is 7.78. The van der Waals surface area contributed by atoms with Crippen molar-refractivity contribution in [3.05, 3.63) is 48.4 Å². The molecule has 2 N–H and O–H groups in total. The molecule has 7 nitrogen and oxygen atoms in total. The Balaban J connectivity index is 2.09. The minimum absolute atomic E-state index is 0.0709. The molecule has 0 fully saturated rings. The molecule has 0 saturated heterocycles. The lowest BCUT2D eigenvalue weighted by atomic mass is 10.1. The quantitative estimate of drug-likeness (QED) is 0.744. The van der Waals surface area contributed by atoms with Gasteiger partial charge in [-0.05, 0) is 36.2 Å². The number of furan rings is 1. The van der Waals surface area contributed by atoms with Gasteiger partial charge in [0.2, 0.25) is 15.9 Å². The maximum absolute atomic E-state index is 12.5. The Morgan fingerprint density at radius 2 is 1.88 bits per heavy atom. The van der Waals surface area contributed by atoms with Crippen LogP contribution in [0.1, 0.15) is 19.4 Å². The van der Waals surface area contributed by atoms with Crippen molar-refractivity contribution in [3.8, 4) is 5.75 Å². The highest BCUT2D eigenvalue weighted by Crippen LogP contribution is 2.17. The first-order chi connectivity index (χ1) is 11.8. The van der Waals surface area contributed by atoms with E-state index in [9.17, 15) is 13.2 Å². The molecule has 2 aromatic rings. The van der Waals surface area contributed by atoms with Crippen LogP contribution in [0.4, 0.5) is 0 Å². The van der Waals surface area contributed by atoms with Crippen LogP contribution in [0.25, 0.3) is 0 Å². The Hall–Kier alpha value is -2.32. The second-order valence-corrected chi connectivity index (χ2v) is 7.58. The van der Waals surface area contributed by atoms with E-state index in [-0.39, 0.29) is 17.4 Å². The summed E-state index contributed by atoms with van der Waals surface area (Å²) < 4.78 is 37.5. The van der Waals surface area contributed by atoms with Crippen LogP contribution in [-0.2, 0) is 21.4 Å². The SMILES string of the molecule is COc1ccc(S(=O)(=O)N[C@H](C(=O)NCc2ccoc2)C(C)C)cc1. The van der Waals surface area contributed by atoms with E-state index >= 15 is 0 Å². The predicted molar refractivity (Wildman–Crippen MR) is 92.5 cm³/mol.